The van der Waals surface area contributed by atoms with Crippen LogP contribution in [0.4, 0.5) is 0 Å². The first-order valence-electron chi connectivity index (χ1n) is 10.3. The van der Waals surface area contributed by atoms with Crippen molar-refractivity contribution in [3.8, 4) is 0 Å². The van der Waals surface area contributed by atoms with Crippen molar-refractivity contribution < 1.29 is 19.4 Å². The Bertz CT molecular complexity index is 701. The Labute approximate surface area is 167 Å². The summed E-state index contributed by atoms with van der Waals surface area (Å²) in [5, 5.41) is 0. The summed E-state index contributed by atoms with van der Waals surface area (Å²) in [5.74, 6) is -1.27. The summed E-state index contributed by atoms with van der Waals surface area (Å²) >= 11 is 0. The molecule has 2 aromatic carbocycles. The van der Waals surface area contributed by atoms with Crippen LogP contribution in [0.3, 0.4) is 0 Å². The maximum absolute atomic E-state index is 12.4. The van der Waals surface area contributed by atoms with E-state index in [0.717, 1.165) is 62.5 Å². The zero-order valence-electron chi connectivity index (χ0n) is 16.9. The van der Waals surface area contributed by atoms with Crippen LogP contribution in [0.1, 0.15) is 84.2 Å². The minimum Gasteiger partial charge on any atom is -0.241 e. The average Bonchev–Trinajstić information content (AvgIpc) is 2.73. The molecule has 0 saturated heterocycles. The van der Waals surface area contributed by atoms with Gasteiger partial charge in [0.1, 0.15) is 0 Å². The van der Waals surface area contributed by atoms with E-state index in [1.54, 1.807) is 24.3 Å². The van der Waals surface area contributed by atoms with Gasteiger partial charge in [-0.3, -0.25) is 0 Å². The molecule has 0 fully saturated rings. The Hall–Kier alpha value is -2.62. The van der Waals surface area contributed by atoms with Gasteiger partial charge in [0, 0.05) is 0 Å². The van der Waals surface area contributed by atoms with Crippen molar-refractivity contribution in [1.29, 1.82) is 0 Å². The summed E-state index contributed by atoms with van der Waals surface area (Å²) in [5.41, 5.74) is 2.72. The van der Waals surface area contributed by atoms with Crippen molar-refractivity contribution >= 4 is 11.9 Å². The van der Waals surface area contributed by atoms with Gasteiger partial charge in [-0.15, -0.1) is 0 Å². The largest absolute Gasteiger partial charge is 0.386 e. The maximum atomic E-state index is 12.4. The van der Waals surface area contributed by atoms with E-state index in [9.17, 15) is 9.59 Å². The summed E-state index contributed by atoms with van der Waals surface area (Å²) in [6, 6.07) is 14.6. The highest BCUT2D eigenvalue weighted by atomic mass is 17.2. The molecule has 4 nitrogen and oxygen atoms in total. The predicted octanol–water partition coefficient (Wildman–Crippen LogP) is 6.08. The van der Waals surface area contributed by atoms with Crippen LogP contribution < -0.4 is 0 Å². The van der Waals surface area contributed by atoms with Gasteiger partial charge in [-0.25, -0.2) is 19.4 Å². The molecule has 0 radical (unpaired) electrons. The Morgan fingerprint density at radius 2 is 1.04 bits per heavy atom. The molecule has 0 atom stereocenters. The predicted molar refractivity (Wildman–Crippen MR) is 110 cm³/mol. The Kier molecular flexibility index (Phi) is 9.26. The van der Waals surface area contributed by atoms with Crippen LogP contribution >= 0.6 is 0 Å². The van der Waals surface area contributed by atoms with Gasteiger partial charge in [-0.05, 0) is 48.9 Å². The third-order valence-electron chi connectivity index (χ3n) is 4.77. The SMILES string of the molecule is CCCCCc1ccccc1C(=O)OOC(=O)c1ccccc1CCCCC. The molecule has 0 aliphatic heterocycles. The Morgan fingerprint density at radius 1 is 0.643 bits per heavy atom. The fourth-order valence-electron chi connectivity index (χ4n) is 3.17. The molecule has 0 bridgehead atoms. The van der Waals surface area contributed by atoms with E-state index in [1.807, 2.05) is 24.3 Å². The van der Waals surface area contributed by atoms with Crippen LogP contribution in [-0.4, -0.2) is 11.9 Å². The number of aryl methyl sites for hydroxylation is 2. The van der Waals surface area contributed by atoms with E-state index in [-0.39, 0.29) is 0 Å². The Balaban J connectivity index is 1.99. The molecule has 0 amide bonds. The molecule has 2 aromatic rings. The topological polar surface area (TPSA) is 52.6 Å². The van der Waals surface area contributed by atoms with Crippen LogP contribution in [0.25, 0.3) is 0 Å². The molecule has 2 rings (SSSR count). The molecule has 0 spiro atoms. The third kappa shape index (κ3) is 6.52. The molecule has 0 N–H and O–H groups in total. The van der Waals surface area contributed by atoms with Gasteiger partial charge in [0.05, 0.1) is 11.1 Å². The number of carbonyl (C=O) groups excluding carboxylic acids is 2. The Morgan fingerprint density at radius 3 is 1.43 bits per heavy atom. The average molecular weight is 383 g/mol. The molecular weight excluding hydrogens is 352 g/mol. The van der Waals surface area contributed by atoms with Crippen LogP contribution in [0.5, 0.6) is 0 Å². The molecule has 150 valence electrons. The molecule has 0 heterocycles. The van der Waals surface area contributed by atoms with E-state index in [1.165, 1.54) is 0 Å². The van der Waals surface area contributed by atoms with Crippen molar-refractivity contribution in [1.82, 2.24) is 0 Å². The van der Waals surface area contributed by atoms with E-state index < -0.39 is 11.9 Å². The highest BCUT2D eigenvalue weighted by Crippen LogP contribution is 2.17. The fourth-order valence-corrected chi connectivity index (χ4v) is 3.17. The standard InChI is InChI=1S/C24H30O4/c1-3-5-7-13-19-15-9-11-17-21(19)23(25)27-28-24(26)22-18-12-10-16-20(22)14-8-6-4-2/h9-12,15-18H,3-8,13-14H2,1-2H3. The highest BCUT2D eigenvalue weighted by Gasteiger charge is 2.18. The lowest BCUT2D eigenvalue weighted by molar-refractivity contribution is -0.187. The van der Waals surface area contributed by atoms with Crippen molar-refractivity contribution in [2.24, 2.45) is 0 Å². The quantitative estimate of drug-likeness (QED) is 0.284. The molecule has 0 aliphatic carbocycles. The van der Waals surface area contributed by atoms with Crippen molar-refractivity contribution in [3.05, 3.63) is 70.8 Å². The second-order valence-electron chi connectivity index (χ2n) is 6.97. The van der Waals surface area contributed by atoms with Gasteiger partial charge in [0.2, 0.25) is 0 Å². The second-order valence-corrected chi connectivity index (χ2v) is 6.97. The van der Waals surface area contributed by atoms with E-state index in [4.69, 9.17) is 9.78 Å². The normalized spacial score (nSPS) is 10.5. The molecule has 0 saturated carbocycles. The summed E-state index contributed by atoms with van der Waals surface area (Å²) in [7, 11) is 0. The number of unbranched alkanes of at least 4 members (excludes halogenated alkanes) is 4. The van der Waals surface area contributed by atoms with E-state index >= 15 is 0 Å². The minimum absolute atomic E-state index is 0.447. The minimum atomic E-state index is -0.635. The van der Waals surface area contributed by atoms with Gasteiger partial charge in [0.15, 0.2) is 0 Å². The zero-order valence-corrected chi connectivity index (χ0v) is 16.9. The lowest BCUT2D eigenvalue weighted by Gasteiger charge is -2.10. The number of hydrogen-bond donors (Lipinski definition) is 0. The monoisotopic (exact) mass is 382 g/mol. The summed E-state index contributed by atoms with van der Waals surface area (Å²) in [6.07, 6.45) is 8.04. The van der Waals surface area contributed by atoms with Crippen molar-refractivity contribution in [2.75, 3.05) is 0 Å². The first-order chi connectivity index (χ1) is 13.7. The zero-order chi connectivity index (χ0) is 20.2. The smallest absolute Gasteiger partial charge is 0.241 e. The maximum Gasteiger partial charge on any atom is 0.386 e. The first kappa shape index (κ1) is 21.7. The van der Waals surface area contributed by atoms with Crippen molar-refractivity contribution in [2.45, 2.75) is 65.2 Å². The highest BCUT2D eigenvalue weighted by molar-refractivity contribution is 5.93. The number of carbonyl (C=O) groups is 2. The molecular formula is C24H30O4. The van der Waals surface area contributed by atoms with E-state index in [0.29, 0.717) is 11.1 Å². The molecule has 0 aromatic heterocycles. The van der Waals surface area contributed by atoms with Crippen LogP contribution in [0.15, 0.2) is 48.5 Å². The molecule has 0 aliphatic rings. The summed E-state index contributed by atoms with van der Waals surface area (Å²) < 4.78 is 0. The van der Waals surface area contributed by atoms with E-state index in [2.05, 4.69) is 13.8 Å². The summed E-state index contributed by atoms with van der Waals surface area (Å²) in [6.45, 7) is 4.28. The van der Waals surface area contributed by atoms with Crippen molar-refractivity contribution in [3.63, 3.8) is 0 Å². The van der Waals surface area contributed by atoms with Gasteiger partial charge in [0.25, 0.3) is 0 Å². The van der Waals surface area contributed by atoms with Gasteiger partial charge in [-0.1, -0.05) is 75.9 Å². The number of rotatable bonds is 10. The molecule has 4 heteroatoms. The van der Waals surface area contributed by atoms with Gasteiger partial charge in [-0.2, -0.15) is 0 Å². The third-order valence-corrected chi connectivity index (χ3v) is 4.77. The van der Waals surface area contributed by atoms with Crippen LogP contribution in [-0.2, 0) is 22.6 Å². The lowest BCUT2D eigenvalue weighted by atomic mass is 10.0. The molecule has 28 heavy (non-hydrogen) atoms. The number of hydrogen-bond acceptors (Lipinski definition) is 4. The molecule has 0 unspecified atom stereocenters. The van der Waals surface area contributed by atoms with Crippen LogP contribution in [0.2, 0.25) is 0 Å². The fraction of sp³-hybridized carbons (Fsp3) is 0.417. The second kappa shape index (κ2) is 12.0. The van der Waals surface area contributed by atoms with Crippen LogP contribution in [0, 0.1) is 0 Å². The van der Waals surface area contributed by atoms with Gasteiger partial charge < -0.3 is 0 Å². The lowest BCUT2D eigenvalue weighted by Crippen LogP contribution is -2.14. The summed E-state index contributed by atoms with van der Waals surface area (Å²) in [4.78, 5) is 34.6. The van der Waals surface area contributed by atoms with Gasteiger partial charge >= 0.3 is 11.9 Å². The first-order valence-corrected chi connectivity index (χ1v) is 10.3. The number of benzene rings is 2.